The van der Waals surface area contributed by atoms with Crippen LogP contribution in [0.15, 0.2) is 24.5 Å². The van der Waals surface area contributed by atoms with Crippen LogP contribution >= 0.6 is 11.3 Å². The number of pyridine rings is 2. The van der Waals surface area contributed by atoms with Crippen LogP contribution in [-0.4, -0.2) is 75.7 Å². The molecule has 0 unspecified atom stereocenters. The second kappa shape index (κ2) is 14.2. The van der Waals surface area contributed by atoms with E-state index >= 15 is 0 Å². The number of nitrogens with zero attached hydrogens (tertiary/aromatic N) is 6. The molecule has 11 nitrogen and oxygen atoms in total. The van der Waals surface area contributed by atoms with Crippen molar-refractivity contribution < 1.29 is 49.1 Å². The smallest absolute Gasteiger partial charge is 0.496 e. The minimum absolute atomic E-state index is 0. The second-order valence-corrected chi connectivity index (χ2v) is 10.7. The number of carbonyl (C=O) groups excluding carboxylic acids is 3. The summed E-state index contributed by atoms with van der Waals surface area (Å²) in [5, 5.41) is 8.10. The molecule has 6 rings (SSSR count). The van der Waals surface area contributed by atoms with Gasteiger partial charge in [0.25, 0.3) is 12.3 Å². The van der Waals surface area contributed by atoms with Crippen molar-refractivity contribution in [1.29, 1.82) is 0 Å². The van der Waals surface area contributed by atoms with Gasteiger partial charge in [0.1, 0.15) is 22.8 Å². The number of methoxy groups -OCH3 is 1. The van der Waals surface area contributed by atoms with E-state index in [4.69, 9.17) is 9.47 Å². The summed E-state index contributed by atoms with van der Waals surface area (Å²) >= 11 is 1.37. The summed E-state index contributed by atoms with van der Waals surface area (Å²) in [6.45, 7) is 2.30. The van der Waals surface area contributed by atoms with Gasteiger partial charge in [-0.15, -0.1) is 23.0 Å². The fourth-order valence-corrected chi connectivity index (χ4v) is 4.97. The summed E-state index contributed by atoms with van der Waals surface area (Å²) in [5.41, 5.74) is 1.63. The van der Waals surface area contributed by atoms with Crippen molar-refractivity contribution in [2.24, 2.45) is 5.92 Å². The molecule has 0 aromatic carbocycles. The van der Waals surface area contributed by atoms with Crippen molar-refractivity contribution in [3.05, 3.63) is 46.3 Å². The normalized spacial score (nSPS) is 16.2. The molecule has 0 atom stereocenters. The van der Waals surface area contributed by atoms with E-state index in [0.29, 0.717) is 18.8 Å². The minimum Gasteiger partial charge on any atom is -0.496 e. The SMILES string of the molecule is C(#CC1CC1)c1nn[c-]s1.CCOC(=O)N1CCN(c2cc(-c3cc(C(F)F)ncc3OC)c([C-]=O)cn2)C(=O)C12CC2.[Ni+2]. The Kier molecular flexibility index (Phi) is 10.6. The van der Waals surface area contributed by atoms with Gasteiger partial charge >= 0.3 is 22.6 Å². The van der Waals surface area contributed by atoms with E-state index < -0.39 is 23.8 Å². The monoisotopic (exact) mass is 666 g/mol. The van der Waals surface area contributed by atoms with Crippen LogP contribution in [0.4, 0.5) is 19.4 Å². The van der Waals surface area contributed by atoms with Crippen LogP contribution in [0.5, 0.6) is 5.75 Å². The number of anilines is 1. The summed E-state index contributed by atoms with van der Waals surface area (Å²) in [6.07, 6.45) is 4.29. The molecule has 1 aliphatic heterocycles. The molecule has 3 fully saturated rings. The molecular weight excluding hydrogens is 641 g/mol. The van der Waals surface area contributed by atoms with Crippen LogP contribution in [0.25, 0.3) is 11.1 Å². The number of carbonyl (C=O) groups is 2. The predicted molar refractivity (Wildman–Crippen MR) is 150 cm³/mol. The fourth-order valence-electron chi connectivity index (χ4n) is 4.61. The van der Waals surface area contributed by atoms with Crippen molar-refractivity contribution in [1.82, 2.24) is 25.1 Å². The Labute approximate surface area is 266 Å². The van der Waals surface area contributed by atoms with E-state index in [2.05, 4.69) is 37.5 Å². The van der Waals surface area contributed by atoms with Gasteiger partial charge in [-0.2, -0.15) is 0 Å². The zero-order chi connectivity index (χ0) is 30.6. The molecule has 0 bridgehead atoms. The van der Waals surface area contributed by atoms with E-state index in [1.807, 2.05) is 0 Å². The van der Waals surface area contributed by atoms with Crippen LogP contribution in [0.3, 0.4) is 0 Å². The van der Waals surface area contributed by atoms with Crippen LogP contribution < -0.4 is 9.64 Å². The van der Waals surface area contributed by atoms with Crippen molar-refractivity contribution in [2.75, 3.05) is 31.7 Å². The molecule has 4 heterocycles. The maximum atomic E-state index is 13.3. The van der Waals surface area contributed by atoms with Crippen LogP contribution in [0, 0.1) is 23.3 Å². The number of ether oxygens (including phenoxy) is 2. The molecule has 3 aromatic heterocycles. The molecular formula is C29H26F2N6NiO5S. The quantitative estimate of drug-likeness (QED) is 0.218. The number of alkyl halides is 2. The Morgan fingerprint density at radius 1 is 1.23 bits per heavy atom. The molecule has 2 amide bonds. The maximum Gasteiger partial charge on any atom is 2.00 e. The molecule has 1 saturated heterocycles. The van der Waals surface area contributed by atoms with Gasteiger partial charge in [-0.1, -0.05) is 17.8 Å². The Hall–Kier alpha value is -4.02. The van der Waals surface area contributed by atoms with E-state index in [1.165, 1.54) is 53.4 Å². The molecule has 15 heteroatoms. The molecule has 44 heavy (non-hydrogen) atoms. The first-order valence-corrected chi connectivity index (χ1v) is 14.3. The number of halogens is 2. The molecule has 3 aromatic rings. The van der Waals surface area contributed by atoms with Crippen LogP contribution in [0.1, 0.15) is 55.3 Å². The van der Waals surface area contributed by atoms with Crippen molar-refractivity contribution in [3.63, 3.8) is 0 Å². The molecule has 2 saturated carbocycles. The number of hydrogen-bond acceptors (Lipinski definition) is 10. The molecule has 0 radical (unpaired) electrons. The Morgan fingerprint density at radius 3 is 2.59 bits per heavy atom. The summed E-state index contributed by atoms with van der Waals surface area (Å²) in [6, 6.07) is 2.59. The first-order chi connectivity index (χ1) is 20.8. The number of aromatic nitrogens is 4. The summed E-state index contributed by atoms with van der Waals surface area (Å²) < 4.78 is 36.9. The van der Waals surface area contributed by atoms with Gasteiger partial charge in [0.15, 0.2) is 0 Å². The number of piperazine rings is 1. The first kappa shape index (κ1) is 32.9. The molecule has 2 aliphatic carbocycles. The van der Waals surface area contributed by atoms with E-state index in [1.54, 1.807) is 13.2 Å². The van der Waals surface area contributed by atoms with Crippen LogP contribution in [-0.2, 0) is 30.8 Å². The van der Waals surface area contributed by atoms with Gasteiger partial charge in [0, 0.05) is 24.0 Å². The topological polar surface area (TPSA) is 128 Å². The van der Waals surface area contributed by atoms with Crippen molar-refractivity contribution in [3.8, 4) is 28.7 Å². The van der Waals surface area contributed by atoms with E-state index in [0.717, 1.165) is 17.3 Å². The first-order valence-electron chi connectivity index (χ1n) is 13.5. The largest absolute Gasteiger partial charge is 2.00 e. The van der Waals surface area contributed by atoms with E-state index in [9.17, 15) is 23.2 Å². The number of amides is 2. The van der Waals surface area contributed by atoms with Gasteiger partial charge in [-0.05, 0) is 44.2 Å². The fraction of sp³-hybridized carbons (Fsp3) is 0.414. The molecule has 3 aliphatic rings. The zero-order valence-electron chi connectivity index (χ0n) is 23.6. The minimum atomic E-state index is -2.83. The van der Waals surface area contributed by atoms with Gasteiger partial charge in [0.2, 0.25) is 0 Å². The molecule has 1 spiro atoms. The third-order valence-electron chi connectivity index (χ3n) is 7.10. The van der Waals surface area contributed by atoms with Crippen molar-refractivity contribution >= 4 is 35.4 Å². The average Bonchev–Trinajstić information content (AvgIpc) is 3.95. The standard InChI is InChI=1S/C22H21F2N4O5.C7H5N2S.Ni/c1-3-33-21(31)28-7-6-27(20(30)22(28)4-5-22)18-9-14(13(12-29)10-26-18)15-8-16(19(23)24)25-11-17(15)32-2;1-2-6(1)3-4-7-9-8-5-10-7;/h8-11,19H,3-7H2,1-2H3;6H,1-2H2;/q2*-1;+2. The Bertz CT molecular complexity index is 1570. The predicted octanol–water partition coefficient (Wildman–Crippen LogP) is 3.98. The molecule has 0 N–H and O–H groups in total. The molecule has 232 valence electrons. The van der Waals surface area contributed by atoms with Gasteiger partial charge in [0.05, 0.1) is 26.2 Å². The summed E-state index contributed by atoms with van der Waals surface area (Å²) in [4.78, 5) is 48.0. The van der Waals surface area contributed by atoms with Crippen molar-refractivity contribution in [2.45, 2.75) is 44.6 Å². The van der Waals surface area contributed by atoms with E-state index in [-0.39, 0.29) is 70.4 Å². The second-order valence-electron chi connectivity index (χ2n) is 9.88. The van der Waals surface area contributed by atoms with Crippen LogP contribution in [0.2, 0.25) is 0 Å². The number of hydrogen-bond donors (Lipinski definition) is 0. The van der Waals surface area contributed by atoms with Gasteiger partial charge in [-0.25, -0.2) is 18.7 Å². The Morgan fingerprint density at radius 2 is 2.00 bits per heavy atom. The zero-order valence-corrected chi connectivity index (χ0v) is 25.4. The number of rotatable bonds is 6. The summed E-state index contributed by atoms with van der Waals surface area (Å²) in [7, 11) is 1.35. The Balaban J connectivity index is 0.000000338. The van der Waals surface area contributed by atoms with Gasteiger partial charge < -0.3 is 30.6 Å². The van der Waals surface area contributed by atoms with Gasteiger partial charge in [-0.3, -0.25) is 24.7 Å². The average molecular weight is 667 g/mol. The third kappa shape index (κ3) is 7.03. The third-order valence-corrected chi connectivity index (χ3v) is 7.65. The maximum absolute atomic E-state index is 13.3. The summed E-state index contributed by atoms with van der Waals surface area (Å²) in [5.74, 6) is 6.78.